The molecule has 0 aliphatic carbocycles. The number of thiocarbonyl (C=S) groups is 1. The van der Waals surface area contributed by atoms with Crippen molar-refractivity contribution < 1.29 is 23.9 Å². The van der Waals surface area contributed by atoms with Crippen LogP contribution in [0.3, 0.4) is 0 Å². The predicted octanol–water partition coefficient (Wildman–Crippen LogP) is 2.41. The van der Waals surface area contributed by atoms with Gasteiger partial charge in [0.15, 0.2) is 5.11 Å². The molecule has 32 heavy (non-hydrogen) atoms. The van der Waals surface area contributed by atoms with Crippen LogP contribution in [0.1, 0.15) is 22.3 Å². The SMILES string of the molecule is COc1ccc(Br)cc1C(=O)NC(=S)N1CCNC(=O)C1CC(=O)OCc1ccccc1. The molecule has 2 amide bonds. The van der Waals surface area contributed by atoms with E-state index in [2.05, 4.69) is 26.6 Å². The minimum absolute atomic E-state index is 0.0488. The van der Waals surface area contributed by atoms with Gasteiger partial charge in [-0.2, -0.15) is 0 Å². The Balaban J connectivity index is 1.66. The molecule has 1 saturated heterocycles. The Hall–Kier alpha value is -2.98. The van der Waals surface area contributed by atoms with E-state index in [1.54, 1.807) is 18.2 Å². The maximum absolute atomic E-state index is 12.8. The zero-order valence-corrected chi connectivity index (χ0v) is 19.7. The Labute approximate surface area is 199 Å². The van der Waals surface area contributed by atoms with Gasteiger partial charge in [-0.1, -0.05) is 46.3 Å². The molecule has 2 aromatic carbocycles. The van der Waals surface area contributed by atoms with Crippen LogP contribution in [0.15, 0.2) is 53.0 Å². The highest BCUT2D eigenvalue weighted by molar-refractivity contribution is 9.10. The molecule has 10 heteroatoms. The average Bonchev–Trinajstić information content (AvgIpc) is 2.79. The molecule has 168 valence electrons. The Morgan fingerprint density at radius 3 is 2.72 bits per heavy atom. The molecule has 0 spiro atoms. The Morgan fingerprint density at radius 1 is 1.25 bits per heavy atom. The van der Waals surface area contributed by atoms with Gasteiger partial charge in [-0.3, -0.25) is 19.7 Å². The fourth-order valence-electron chi connectivity index (χ4n) is 3.21. The number of esters is 1. The van der Waals surface area contributed by atoms with Crippen molar-refractivity contribution in [1.82, 2.24) is 15.5 Å². The normalized spacial score (nSPS) is 15.5. The summed E-state index contributed by atoms with van der Waals surface area (Å²) in [5.74, 6) is -0.997. The number of nitrogens with zero attached hydrogens (tertiary/aromatic N) is 1. The standard InChI is InChI=1S/C22H22BrN3O5S/c1-30-18-8-7-15(23)11-16(18)20(28)25-22(32)26-10-9-24-21(29)17(26)12-19(27)31-13-14-5-3-2-4-6-14/h2-8,11,17H,9-10,12-13H2,1H3,(H,24,29)(H,25,28,32). The predicted molar refractivity (Wildman–Crippen MR) is 125 cm³/mol. The first-order valence-electron chi connectivity index (χ1n) is 9.81. The number of hydrogen-bond donors (Lipinski definition) is 2. The van der Waals surface area contributed by atoms with Crippen LogP contribution in [0.2, 0.25) is 0 Å². The van der Waals surface area contributed by atoms with Gasteiger partial charge in [-0.25, -0.2) is 0 Å². The van der Waals surface area contributed by atoms with Crippen LogP contribution in [0, 0.1) is 0 Å². The number of rotatable bonds is 6. The summed E-state index contributed by atoms with van der Waals surface area (Å²) in [6.45, 7) is 0.791. The van der Waals surface area contributed by atoms with Crippen molar-refractivity contribution in [1.29, 1.82) is 0 Å². The largest absolute Gasteiger partial charge is 0.496 e. The summed E-state index contributed by atoms with van der Waals surface area (Å²) >= 11 is 8.73. The maximum atomic E-state index is 12.8. The quantitative estimate of drug-likeness (QED) is 0.446. The number of methoxy groups -OCH3 is 1. The highest BCUT2D eigenvalue weighted by Crippen LogP contribution is 2.23. The van der Waals surface area contributed by atoms with Gasteiger partial charge in [-0.05, 0) is 36.0 Å². The topological polar surface area (TPSA) is 97.0 Å². The fraction of sp³-hybridized carbons (Fsp3) is 0.273. The first-order valence-corrected chi connectivity index (χ1v) is 11.0. The van der Waals surface area contributed by atoms with Crippen LogP contribution in [0.25, 0.3) is 0 Å². The van der Waals surface area contributed by atoms with E-state index in [9.17, 15) is 14.4 Å². The summed E-state index contributed by atoms with van der Waals surface area (Å²) in [7, 11) is 1.46. The molecular formula is C22H22BrN3O5S. The summed E-state index contributed by atoms with van der Waals surface area (Å²) in [6, 6.07) is 13.4. The van der Waals surface area contributed by atoms with Crippen molar-refractivity contribution >= 4 is 51.0 Å². The molecule has 1 aliphatic heterocycles. The van der Waals surface area contributed by atoms with Crippen molar-refractivity contribution in [3.05, 3.63) is 64.1 Å². The number of nitrogens with one attached hydrogen (secondary N) is 2. The van der Waals surface area contributed by atoms with Crippen molar-refractivity contribution in [3.8, 4) is 5.75 Å². The molecule has 1 unspecified atom stereocenters. The minimum atomic E-state index is -0.885. The molecule has 1 aliphatic rings. The smallest absolute Gasteiger partial charge is 0.308 e. The summed E-state index contributed by atoms with van der Waals surface area (Å²) in [5, 5.41) is 5.40. The second-order valence-corrected chi connectivity index (χ2v) is 8.26. The van der Waals surface area contributed by atoms with Gasteiger partial charge >= 0.3 is 5.97 Å². The zero-order chi connectivity index (χ0) is 23.1. The molecule has 8 nitrogen and oxygen atoms in total. The van der Waals surface area contributed by atoms with Crippen molar-refractivity contribution in [2.45, 2.75) is 19.1 Å². The third kappa shape index (κ3) is 6.04. The van der Waals surface area contributed by atoms with E-state index in [-0.39, 0.29) is 29.6 Å². The molecule has 3 rings (SSSR count). The van der Waals surface area contributed by atoms with Gasteiger partial charge in [0.2, 0.25) is 5.91 Å². The zero-order valence-electron chi connectivity index (χ0n) is 17.3. The van der Waals surface area contributed by atoms with Crippen LogP contribution < -0.4 is 15.4 Å². The second kappa shape index (κ2) is 11.1. The van der Waals surface area contributed by atoms with Crippen molar-refractivity contribution in [2.75, 3.05) is 20.2 Å². The molecule has 0 bridgehead atoms. The van der Waals surface area contributed by atoms with Gasteiger partial charge in [0.1, 0.15) is 18.4 Å². The van der Waals surface area contributed by atoms with Crippen LogP contribution >= 0.6 is 28.1 Å². The fourth-order valence-corrected chi connectivity index (χ4v) is 3.88. The van der Waals surface area contributed by atoms with Crippen molar-refractivity contribution in [3.63, 3.8) is 0 Å². The van der Waals surface area contributed by atoms with E-state index < -0.39 is 17.9 Å². The molecule has 2 aromatic rings. The highest BCUT2D eigenvalue weighted by atomic mass is 79.9. The summed E-state index contributed by atoms with van der Waals surface area (Å²) in [5.41, 5.74) is 1.13. The van der Waals surface area contributed by atoms with E-state index in [1.165, 1.54) is 12.0 Å². The molecule has 0 radical (unpaired) electrons. The Kier molecular flexibility index (Phi) is 8.18. The summed E-state index contributed by atoms with van der Waals surface area (Å²) in [6.07, 6.45) is -0.200. The highest BCUT2D eigenvalue weighted by Gasteiger charge is 2.34. The van der Waals surface area contributed by atoms with E-state index in [0.717, 1.165) is 5.56 Å². The monoisotopic (exact) mass is 519 g/mol. The van der Waals surface area contributed by atoms with Gasteiger partial charge < -0.3 is 19.7 Å². The molecule has 0 saturated carbocycles. The number of amides is 2. The third-order valence-corrected chi connectivity index (χ3v) is 5.65. The van der Waals surface area contributed by atoms with Crippen LogP contribution in [0.4, 0.5) is 0 Å². The number of piperazine rings is 1. The number of carbonyl (C=O) groups excluding carboxylic acids is 3. The van der Waals surface area contributed by atoms with Crippen LogP contribution in [0.5, 0.6) is 5.75 Å². The number of hydrogen-bond acceptors (Lipinski definition) is 6. The van der Waals surface area contributed by atoms with Crippen LogP contribution in [-0.2, 0) is 20.9 Å². The Morgan fingerprint density at radius 2 is 2.00 bits per heavy atom. The number of halogens is 1. The second-order valence-electron chi connectivity index (χ2n) is 6.95. The average molecular weight is 520 g/mol. The molecule has 1 fully saturated rings. The number of ether oxygens (including phenoxy) is 2. The molecule has 1 atom stereocenters. The molecule has 2 N–H and O–H groups in total. The third-order valence-electron chi connectivity index (χ3n) is 4.82. The van der Waals surface area contributed by atoms with E-state index in [0.29, 0.717) is 23.3 Å². The number of benzene rings is 2. The first-order chi connectivity index (χ1) is 15.4. The van der Waals surface area contributed by atoms with Gasteiger partial charge in [-0.15, -0.1) is 0 Å². The van der Waals surface area contributed by atoms with Gasteiger partial charge in [0, 0.05) is 17.6 Å². The summed E-state index contributed by atoms with van der Waals surface area (Å²) in [4.78, 5) is 39.2. The molecular weight excluding hydrogens is 498 g/mol. The minimum Gasteiger partial charge on any atom is -0.496 e. The van der Waals surface area contributed by atoms with E-state index >= 15 is 0 Å². The van der Waals surface area contributed by atoms with Gasteiger partial charge in [0.25, 0.3) is 5.91 Å². The lowest BCUT2D eigenvalue weighted by Gasteiger charge is -2.36. The summed E-state index contributed by atoms with van der Waals surface area (Å²) < 4.78 is 11.2. The Bertz CT molecular complexity index is 1020. The van der Waals surface area contributed by atoms with E-state index in [4.69, 9.17) is 21.7 Å². The number of carbonyl (C=O) groups is 3. The first kappa shape index (κ1) is 23.7. The maximum Gasteiger partial charge on any atom is 0.308 e. The lowest BCUT2D eigenvalue weighted by molar-refractivity contribution is -0.148. The molecule has 1 heterocycles. The van der Waals surface area contributed by atoms with E-state index in [1.807, 2.05) is 30.3 Å². The lowest BCUT2D eigenvalue weighted by Crippen LogP contribution is -2.60. The van der Waals surface area contributed by atoms with Crippen LogP contribution in [-0.4, -0.2) is 54.0 Å². The van der Waals surface area contributed by atoms with Crippen molar-refractivity contribution in [2.24, 2.45) is 0 Å². The molecule has 0 aromatic heterocycles. The van der Waals surface area contributed by atoms with Gasteiger partial charge in [0.05, 0.1) is 19.1 Å². The lowest BCUT2D eigenvalue weighted by atomic mass is 10.1.